The van der Waals surface area contributed by atoms with E-state index in [1.54, 1.807) is 0 Å². The molecular weight excluding hydrogens is 442 g/mol. The number of aromatic nitrogens is 1. The Bertz CT molecular complexity index is 1030. The molecule has 0 saturated carbocycles. The van der Waals surface area contributed by atoms with Gasteiger partial charge in [0.05, 0.1) is 12.6 Å². The predicted octanol–water partition coefficient (Wildman–Crippen LogP) is 3.14. The van der Waals surface area contributed by atoms with Gasteiger partial charge in [-0.1, -0.05) is 17.7 Å². The summed E-state index contributed by atoms with van der Waals surface area (Å²) in [4.78, 5) is 27.6. The lowest BCUT2D eigenvalue weighted by atomic mass is 9.97. The standard InChI is InChI=1S/C17H11ClF6N4O2/c18-11-8(19)2-1-7(12(11)21)13(28-5-10(15(25)29)27-16(28)30)6-3-9(20)14(26-4-6)17(22,23)24/h1-4,10,13H,5H2,(H2,25,29)(H,27,30)/t10?,13-/m0/s1. The predicted molar refractivity (Wildman–Crippen MR) is 90.6 cm³/mol. The van der Waals surface area contributed by atoms with Gasteiger partial charge in [-0.15, -0.1) is 0 Å². The molecule has 1 aliphatic rings. The summed E-state index contributed by atoms with van der Waals surface area (Å²) in [6, 6.07) is -1.66. The van der Waals surface area contributed by atoms with Gasteiger partial charge in [-0.05, 0) is 12.1 Å². The zero-order chi connectivity index (χ0) is 22.4. The third-order valence-electron chi connectivity index (χ3n) is 4.40. The van der Waals surface area contributed by atoms with E-state index in [2.05, 4.69) is 10.3 Å². The van der Waals surface area contributed by atoms with Crippen molar-refractivity contribution in [2.45, 2.75) is 18.3 Å². The first-order valence-electron chi connectivity index (χ1n) is 8.14. The van der Waals surface area contributed by atoms with Gasteiger partial charge in [-0.25, -0.2) is 22.9 Å². The molecule has 0 spiro atoms. The van der Waals surface area contributed by atoms with Crippen LogP contribution in [0.25, 0.3) is 0 Å². The van der Waals surface area contributed by atoms with Gasteiger partial charge in [0.2, 0.25) is 5.91 Å². The lowest BCUT2D eigenvalue weighted by Crippen LogP contribution is -2.39. The maximum atomic E-state index is 14.7. The number of halogens is 7. The number of nitrogens with two attached hydrogens (primary N) is 1. The van der Waals surface area contributed by atoms with E-state index in [9.17, 15) is 35.9 Å². The van der Waals surface area contributed by atoms with E-state index in [0.717, 1.165) is 17.0 Å². The molecule has 6 nitrogen and oxygen atoms in total. The number of urea groups is 1. The number of hydrogen-bond donors (Lipinski definition) is 2. The minimum Gasteiger partial charge on any atom is -0.368 e. The van der Waals surface area contributed by atoms with Crippen LogP contribution in [-0.2, 0) is 11.0 Å². The summed E-state index contributed by atoms with van der Waals surface area (Å²) in [5.74, 6) is -5.16. The zero-order valence-corrected chi connectivity index (χ0v) is 15.4. The molecule has 0 radical (unpaired) electrons. The van der Waals surface area contributed by atoms with Crippen molar-refractivity contribution in [2.75, 3.05) is 6.54 Å². The molecule has 2 aromatic rings. The maximum absolute atomic E-state index is 14.7. The Labute approximate surface area is 169 Å². The molecule has 1 aromatic heterocycles. The number of nitrogens with one attached hydrogen (secondary N) is 1. The summed E-state index contributed by atoms with van der Waals surface area (Å²) in [5, 5.41) is 1.27. The highest BCUT2D eigenvalue weighted by atomic mass is 35.5. The van der Waals surface area contributed by atoms with Crippen LogP contribution in [0.1, 0.15) is 22.9 Å². The first-order chi connectivity index (χ1) is 13.9. The number of hydrogen-bond acceptors (Lipinski definition) is 3. The highest BCUT2D eigenvalue weighted by Gasteiger charge is 2.41. The molecule has 160 valence electrons. The van der Waals surface area contributed by atoms with Crippen LogP contribution in [0.5, 0.6) is 0 Å². The van der Waals surface area contributed by atoms with Gasteiger partial charge in [-0.2, -0.15) is 13.2 Å². The lowest BCUT2D eigenvalue weighted by Gasteiger charge is -2.28. The maximum Gasteiger partial charge on any atom is 0.436 e. The highest BCUT2D eigenvalue weighted by molar-refractivity contribution is 6.31. The second-order valence-electron chi connectivity index (χ2n) is 6.32. The van der Waals surface area contributed by atoms with Crippen LogP contribution in [0.3, 0.4) is 0 Å². The van der Waals surface area contributed by atoms with Crippen LogP contribution >= 0.6 is 11.6 Å². The Morgan fingerprint density at radius 1 is 1.27 bits per heavy atom. The smallest absolute Gasteiger partial charge is 0.368 e. The Kier molecular flexibility index (Phi) is 5.54. The molecular formula is C17H11ClF6N4O2. The molecule has 0 bridgehead atoms. The molecule has 2 heterocycles. The lowest BCUT2D eigenvalue weighted by molar-refractivity contribution is -0.143. The van der Waals surface area contributed by atoms with Crippen LogP contribution in [0.2, 0.25) is 5.02 Å². The number of carbonyl (C=O) groups is 2. The topological polar surface area (TPSA) is 88.3 Å². The normalized spacial score (nSPS) is 17.8. The SMILES string of the molecule is NC(=O)C1CN([C@@H](c2cnc(C(F)(F)F)c(F)c2)c2ccc(F)c(Cl)c2F)C(=O)N1. The molecule has 3 N–H and O–H groups in total. The van der Waals surface area contributed by atoms with Crippen molar-refractivity contribution in [3.8, 4) is 0 Å². The summed E-state index contributed by atoms with van der Waals surface area (Å²) in [5.41, 5.74) is 2.50. The van der Waals surface area contributed by atoms with Crippen LogP contribution < -0.4 is 11.1 Å². The van der Waals surface area contributed by atoms with E-state index in [1.807, 2.05) is 0 Å². The molecule has 0 aliphatic carbocycles. The third-order valence-corrected chi connectivity index (χ3v) is 4.75. The van der Waals surface area contributed by atoms with Crippen LogP contribution in [0, 0.1) is 17.5 Å². The van der Waals surface area contributed by atoms with Crippen molar-refractivity contribution < 1.29 is 35.9 Å². The monoisotopic (exact) mass is 452 g/mol. The van der Waals surface area contributed by atoms with Crippen molar-refractivity contribution >= 4 is 23.5 Å². The minimum absolute atomic E-state index is 0.373. The minimum atomic E-state index is -5.09. The van der Waals surface area contributed by atoms with E-state index in [4.69, 9.17) is 17.3 Å². The van der Waals surface area contributed by atoms with Gasteiger partial charge in [-0.3, -0.25) is 4.79 Å². The molecule has 1 saturated heterocycles. The Balaban J connectivity index is 2.17. The van der Waals surface area contributed by atoms with E-state index in [1.165, 1.54) is 0 Å². The molecule has 1 aromatic carbocycles. The fourth-order valence-corrected chi connectivity index (χ4v) is 3.20. The molecule has 1 unspecified atom stereocenters. The summed E-state index contributed by atoms with van der Waals surface area (Å²) in [7, 11) is 0. The molecule has 30 heavy (non-hydrogen) atoms. The van der Waals surface area contributed by atoms with E-state index in [0.29, 0.717) is 12.3 Å². The highest BCUT2D eigenvalue weighted by Crippen LogP contribution is 2.37. The second-order valence-corrected chi connectivity index (χ2v) is 6.70. The van der Waals surface area contributed by atoms with Crippen molar-refractivity contribution in [3.63, 3.8) is 0 Å². The van der Waals surface area contributed by atoms with Crippen LogP contribution in [-0.4, -0.2) is 34.4 Å². The summed E-state index contributed by atoms with van der Waals surface area (Å²) < 4.78 is 80.8. The molecule has 3 rings (SSSR count). The quantitative estimate of drug-likeness (QED) is 0.552. The summed E-state index contributed by atoms with van der Waals surface area (Å²) >= 11 is 5.57. The number of pyridine rings is 1. The number of benzene rings is 1. The Morgan fingerprint density at radius 2 is 1.93 bits per heavy atom. The van der Waals surface area contributed by atoms with Gasteiger partial charge in [0.25, 0.3) is 0 Å². The van der Waals surface area contributed by atoms with Crippen LogP contribution in [0.15, 0.2) is 24.4 Å². The Hall–Kier alpha value is -3.02. The van der Waals surface area contributed by atoms with Crippen molar-refractivity contribution in [3.05, 3.63) is 63.7 Å². The third kappa shape index (κ3) is 3.86. The molecule has 3 amide bonds. The number of primary amides is 1. The molecule has 2 atom stereocenters. The van der Waals surface area contributed by atoms with E-state index < -0.39 is 70.5 Å². The molecule has 1 aliphatic heterocycles. The van der Waals surface area contributed by atoms with Crippen molar-refractivity contribution in [2.24, 2.45) is 5.73 Å². The average Bonchev–Trinajstić information content (AvgIpc) is 3.03. The fourth-order valence-electron chi connectivity index (χ4n) is 3.03. The van der Waals surface area contributed by atoms with E-state index >= 15 is 0 Å². The van der Waals surface area contributed by atoms with Crippen LogP contribution in [0.4, 0.5) is 31.1 Å². The van der Waals surface area contributed by atoms with Gasteiger partial charge in [0.1, 0.15) is 22.7 Å². The number of rotatable bonds is 4. The molecule has 1 fully saturated rings. The Morgan fingerprint density at radius 3 is 2.47 bits per heavy atom. The fraction of sp³-hybridized carbons (Fsp3) is 0.235. The number of alkyl halides is 3. The molecule has 13 heteroatoms. The summed E-state index contributed by atoms with van der Waals surface area (Å²) in [6.07, 6.45) is -4.50. The number of amides is 3. The van der Waals surface area contributed by atoms with Gasteiger partial charge >= 0.3 is 12.2 Å². The van der Waals surface area contributed by atoms with Crippen molar-refractivity contribution in [1.82, 2.24) is 15.2 Å². The van der Waals surface area contributed by atoms with Gasteiger partial charge < -0.3 is 16.0 Å². The number of nitrogens with zero attached hydrogens (tertiary/aromatic N) is 2. The second kappa shape index (κ2) is 7.67. The zero-order valence-electron chi connectivity index (χ0n) is 14.6. The van der Waals surface area contributed by atoms with Gasteiger partial charge in [0, 0.05) is 17.3 Å². The summed E-state index contributed by atoms with van der Waals surface area (Å²) in [6.45, 7) is -0.421. The largest absolute Gasteiger partial charge is 0.436 e. The van der Waals surface area contributed by atoms with Gasteiger partial charge in [0.15, 0.2) is 11.5 Å². The average molecular weight is 453 g/mol. The van der Waals surface area contributed by atoms with E-state index in [-0.39, 0.29) is 5.56 Å². The first-order valence-corrected chi connectivity index (χ1v) is 8.52. The van der Waals surface area contributed by atoms with Crippen molar-refractivity contribution in [1.29, 1.82) is 0 Å². The number of carbonyl (C=O) groups excluding carboxylic acids is 2. The first kappa shape index (κ1) is 21.7.